The van der Waals surface area contributed by atoms with Crippen molar-refractivity contribution >= 4 is 28.9 Å². The van der Waals surface area contributed by atoms with Crippen LogP contribution < -0.4 is 5.73 Å². The predicted molar refractivity (Wildman–Crippen MR) is 96.7 cm³/mol. The molecule has 0 spiro atoms. The van der Waals surface area contributed by atoms with Crippen LogP contribution in [0.15, 0.2) is 30.3 Å². The first-order valence-corrected chi connectivity index (χ1v) is 8.62. The van der Waals surface area contributed by atoms with E-state index in [9.17, 15) is 5.26 Å². The van der Waals surface area contributed by atoms with Gasteiger partial charge in [0.05, 0.1) is 21.7 Å². The summed E-state index contributed by atoms with van der Waals surface area (Å²) in [6.07, 6.45) is 6.12. The van der Waals surface area contributed by atoms with Gasteiger partial charge in [0, 0.05) is 11.3 Å². The minimum absolute atomic E-state index is 0.502. The summed E-state index contributed by atoms with van der Waals surface area (Å²) in [6, 6.07) is 11.6. The molecule has 0 unspecified atom stereocenters. The monoisotopic (exact) mass is 344 g/mol. The summed E-state index contributed by atoms with van der Waals surface area (Å²) >= 11 is 12.6. The molecule has 3 rings (SSSR count). The van der Waals surface area contributed by atoms with E-state index in [1.165, 1.54) is 25.7 Å². The van der Waals surface area contributed by atoms with Crippen molar-refractivity contribution in [1.82, 2.24) is 0 Å². The third-order valence-electron chi connectivity index (χ3n) is 4.57. The number of nitrogens with zero attached hydrogens (tertiary/aromatic N) is 1. The van der Waals surface area contributed by atoms with Gasteiger partial charge in [-0.25, -0.2) is 0 Å². The highest BCUT2D eigenvalue weighted by Gasteiger charge is 2.18. The van der Waals surface area contributed by atoms with Gasteiger partial charge in [-0.15, -0.1) is 0 Å². The number of halogens is 2. The van der Waals surface area contributed by atoms with Crippen LogP contribution in [0.3, 0.4) is 0 Å². The molecule has 4 heteroatoms. The lowest BCUT2D eigenvalue weighted by atomic mass is 9.92. The summed E-state index contributed by atoms with van der Waals surface area (Å²) in [5, 5.41) is 10.5. The normalized spacial score (nSPS) is 14.8. The van der Waals surface area contributed by atoms with Crippen LogP contribution in [0, 0.1) is 17.2 Å². The summed E-state index contributed by atoms with van der Waals surface area (Å²) in [5.74, 6) is 0.705. The summed E-state index contributed by atoms with van der Waals surface area (Å²) in [5.41, 5.74) is 9.69. The van der Waals surface area contributed by atoms with E-state index in [1.807, 2.05) is 18.2 Å². The average Bonchev–Trinajstić information content (AvgIpc) is 3.00. The summed E-state index contributed by atoms with van der Waals surface area (Å²) < 4.78 is 0. The Morgan fingerprint density at radius 3 is 2.35 bits per heavy atom. The summed E-state index contributed by atoms with van der Waals surface area (Å²) in [4.78, 5) is 0. The molecule has 0 saturated heterocycles. The molecule has 0 heterocycles. The van der Waals surface area contributed by atoms with E-state index in [-0.39, 0.29) is 0 Å². The average molecular weight is 345 g/mol. The molecule has 0 aliphatic heterocycles. The van der Waals surface area contributed by atoms with Gasteiger partial charge in [0.2, 0.25) is 0 Å². The Hall–Kier alpha value is -1.69. The van der Waals surface area contributed by atoms with Crippen molar-refractivity contribution in [2.75, 3.05) is 5.73 Å². The van der Waals surface area contributed by atoms with Crippen LogP contribution in [-0.2, 0) is 6.42 Å². The highest BCUT2D eigenvalue weighted by molar-refractivity contribution is 6.39. The Morgan fingerprint density at radius 1 is 1.09 bits per heavy atom. The molecule has 1 fully saturated rings. The fraction of sp³-hybridized carbons (Fsp3) is 0.316. The van der Waals surface area contributed by atoms with Gasteiger partial charge in [0.1, 0.15) is 0 Å². The first kappa shape index (κ1) is 16.2. The van der Waals surface area contributed by atoms with Gasteiger partial charge in [0.25, 0.3) is 0 Å². The molecule has 23 heavy (non-hydrogen) atoms. The molecule has 1 aliphatic carbocycles. The molecular formula is C19H18Cl2N2. The smallest absolute Gasteiger partial charge is 0.0994 e. The van der Waals surface area contributed by atoms with Gasteiger partial charge in [-0.1, -0.05) is 61.0 Å². The van der Waals surface area contributed by atoms with E-state index in [4.69, 9.17) is 28.9 Å². The van der Waals surface area contributed by atoms with Crippen LogP contribution in [0.25, 0.3) is 11.1 Å². The molecule has 0 atom stereocenters. The molecule has 0 bridgehead atoms. The number of benzene rings is 2. The molecule has 0 amide bonds. The fourth-order valence-electron chi connectivity index (χ4n) is 3.41. The van der Waals surface area contributed by atoms with E-state index < -0.39 is 0 Å². The van der Waals surface area contributed by atoms with Crippen molar-refractivity contribution in [2.24, 2.45) is 5.92 Å². The summed E-state index contributed by atoms with van der Waals surface area (Å²) in [7, 11) is 0. The van der Waals surface area contributed by atoms with Crippen molar-refractivity contribution < 1.29 is 0 Å². The van der Waals surface area contributed by atoms with Crippen molar-refractivity contribution in [3.8, 4) is 17.2 Å². The highest BCUT2D eigenvalue weighted by Crippen LogP contribution is 2.38. The number of nitriles is 1. The molecule has 2 aromatic carbocycles. The third kappa shape index (κ3) is 3.47. The quantitative estimate of drug-likeness (QED) is 0.710. The zero-order valence-corrected chi connectivity index (χ0v) is 14.3. The Kier molecular flexibility index (Phi) is 4.80. The molecule has 2 N–H and O–H groups in total. The lowest BCUT2D eigenvalue weighted by Crippen LogP contribution is -2.01. The molecular weight excluding hydrogens is 327 g/mol. The molecule has 1 aliphatic rings. The molecule has 0 radical (unpaired) electrons. The Labute approximate surface area is 146 Å². The topological polar surface area (TPSA) is 49.8 Å². The Morgan fingerprint density at radius 2 is 1.74 bits per heavy atom. The van der Waals surface area contributed by atoms with E-state index in [2.05, 4.69) is 6.07 Å². The maximum Gasteiger partial charge on any atom is 0.0994 e. The number of nitrogens with two attached hydrogens (primary N) is 1. The third-order valence-corrected chi connectivity index (χ3v) is 5.16. The molecule has 0 aromatic heterocycles. The standard InChI is InChI=1S/C19H18Cl2N2/c20-17-9-16(23)10-18(21)19(17)14-6-5-13(15(8-14)11-22)7-12-3-1-2-4-12/h5-6,8-10,12H,1-4,7,23H2. The minimum atomic E-state index is 0.502. The molecule has 118 valence electrons. The van der Waals surface area contributed by atoms with Gasteiger partial charge in [0.15, 0.2) is 0 Å². The lowest BCUT2D eigenvalue weighted by molar-refractivity contribution is 0.546. The number of hydrogen-bond donors (Lipinski definition) is 1. The number of nitrogen functional groups attached to an aromatic ring is 1. The largest absolute Gasteiger partial charge is 0.399 e. The van der Waals surface area contributed by atoms with Gasteiger partial charge in [-0.3, -0.25) is 0 Å². The van der Waals surface area contributed by atoms with Crippen LogP contribution in [0.1, 0.15) is 36.8 Å². The van der Waals surface area contributed by atoms with Crippen LogP contribution >= 0.6 is 23.2 Å². The second-order valence-corrected chi connectivity index (χ2v) is 7.01. The van der Waals surface area contributed by atoms with Gasteiger partial charge >= 0.3 is 0 Å². The van der Waals surface area contributed by atoms with Crippen molar-refractivity contribution in [2.45, 2.75) is 32.1 Å². The van der Waals surface area contributed by atoms with Gasteiger partial charge in [-0.2, -0.15) is 5.26 Å². The lowest BCUT2D eigenvalue weighted by Gasteiger charge is -2.13. The zero-order chi connectivity index (χ0) is 16.4. The Bertz CT molecular complexity index is 748. The van der Waals surface area contributed by atoms with Gasteiger partial charge in [-0.05, 0) is 41.7 Å². The first-order chi connectivity index (χ1) is 11.1. The maximum atomic E-state index is 9.51. The van der Waals surface area contributed by atoms with Crippen molar-refractivity contribution in [1.29, 1.82) is 5.26 Å². The number of anilines is 1. The molecule has 2 nitrogen and oxygen atoms in total. The van der Waals surface area contributed by atoms with Crippen LogP contribution in [0.5, 0.6) is 0 Å². The zero-order valence-electron chi connectivity index (χ0n) is 12.8. The second kappa shape index (κ2) is 6.83. The number of hydrogen-bond acceptors (Lipinski definition) is 2. The molecule has 1 saturated carbocycles. The Balaban J connectivity index is 1.98. The van der Waals surface area contributed by atoms with Crippen LogP contribution in [-0.4, -0.2) is 0 Å². The highest BCUT2D eigenvalue weighted by atomic mass is 35.5. The molecule has 2 aromatic rings. The van der Waals surface area contributed by atoms with Crippen LogP contribution in [0.2, 0.25) is 10.0 Å². The van der Waals surface area contributed by atoms with Gasteiger partial charge < -0.3 is 5.73 Å². The second-order valence-electron chi connectivity index (χ2n) is 6.20. The van der Waals surface area contributed by atoms with E-state index in [0.717, 1.165) is 23.1 Å². The maximum absolute atomic E-state index is 9.51. The van der Waals surface area contributed by atoms with E-state index in [0.29, 0.717) is 27.2 Å². The van der Waals surface area contributed by atoms with E-state index >= 15 is 0 Å². The number of rotatable bonds is 3. The van der Waals surface area contributed by atoms with Crippen LogP contribution in [0.4, 0.5) is 5.69 Å². The predicted octanol–water partition coefficient (Wildman–Crippen LogP) is 5.85. The van der Waals surface area contributed by atoms with E-state index in [1.54, 1.807) is 12.1 Å². The first-order valence-electron chi connectivity index (χ1n) is 7.86. The fourth-order valence-corrected chi connectivity index (χ4v) is 4.13. The van der Waals surface area contributed by atoms with Crippen molar-refractivity contribution in [3.63, 3.8) is 0 Å². The minimum Gasteiger partial charge on any atom is -0.399 e. The SMILES string of the molecule is N#Cc1cc(-c2c(Cl)cc(N)cc2Cl)ccc1CC1CCCC1. The summed E-state index contributed by atoms with van der Waals surface area (Å²) in [6.45, 7) is 0. The van der Waals surface area contributed by atoms with Crippen molar-refractivity contribution in [3.05, 3.63) is 51.5 Å².